The first-order chi connectivity index (χ1) is 9.97. The zero-order valence-corrected chi connectivity index (χ0v) is 11.8. The molecule has 0 aliphatic carbocycles. The van der Waals surface area contributed by atoms with Gasteiger partial charge in [-0.05, 0) is 29.7 Å². The standard InChI is InChI=1S/C15H16FN3O2/c1-10(2)15(11-3-5-12(16)6-4-11)18-14-8-7-13(9-17-14)19(20)21/h3-10,15H,1-2H3,(H,17,18). The Morgan fingerprint density at radius 3 is 2.33 bits per heavy atom. The van der Waals surface area contributed by atoms with Gasteiger partial charge in [0.25, 0.3) is 5.69 Å². The number of hydrogen-bond acceptors (Lipinski definition) is 4. The summed E-state index contributed by atoms with van der Waals surface area (Å²) in [6.07, 6.45) is 1.21. The van der Waals surface area contributed by atoms with Crippen LogP contribution in [0.2, 0.25) is 0 Å². The van der Waals surface area contributed by atoms with Crippen LogP contribution in [0, 0.1) is 21.8 Å². The number of anilines is 1. The zero-order valence-electron chi connectivity index (χ0n) is 11.8. The highest BCUT2D eigenvalue weighted by molar-refractivity contribution is 5.42. The van der Waals surface area contributed by atoms with Crippen molar-refractivity contribution in [1.29, 1.82) is 0 Å². The van der Waals surface area contributed by atoms with Crippen molar-refractivity contribution in [2.24, 2.45) is 5.92 Å². The first kappa shape index (κ1) is 14.9. The summed E-state index contributed by atoms with van der Waals surface area (Å²) < 4.78 is 13.0. The average Bonchev–Trinajstić information content (AvgIpc) is 2.46. The highest BCUT2D eigenvalue weighted by Gasteiger charge is 2.16. The molecule has 0 amide bonds. The Hall–Kier alpha value is -2.50. The molecule has 1 N–H and O–H groups in total. The molecular weight excluding hydrogens is 273 g/mol. The molecule has 1 unspecified atom stereocenters. The topological polar surface area (TPSA) is 68.1 Å². The lowest BCUT2D eigenvalue weighted by Crippen LogP contribution is -2.17. The van der Waals surface area contributed by atoms with Gasteiger partial charge in [-0.2, -0.15) is 0 Å². The van der Waals surface area contributed by atoms with Gasteiger partial charge in [0, 0.05) is 6.07 Å². The Morgan fingerprint density at radius 1 is 1.19 bits per heavy atom. The number of nitro groups is 1. The summed E-state index contributed by atoms with van der Waals surface area (Å²) in [7, 11) is 0. The van der Waals surface area contributed by atoms with Gasteiger partial charge in [-0.1, -0.05) is 26.0 Å². The number of nitrogens with zero attached hydrogens (tertiary/aromatic N) is 2. The maximum atomic E-state index is 13.0. The van der Waals surface area contributed by atoms with Crippen molar-refractivity contribution < 1.29 is 9.31 Å². The Kier molecular flexibility index (Phi) is 4.47. The van der Waals surface area contributed by atoms with Crippen LogP contribution >= 0.6 is 0 Å². The third-order valence-corrected chi connectivity index (χ3v) is 3.16. The van der Waals surface area contributed by atoms with Crippen LogP contribution in [0.15, 0.2) is 42.6 Å². The lowest BCUT2D eigenvalue weighted by Gasteiger charge is -2.23. The molecule has 1 aromatic carbocycles. The van der Waals surface area contributed by atoms with Gasteiger partial charge in [0.05, 0.1) is 11.0 Å². The minimum atomic E-state index is -0.489. The van der Waals surface area contributed by atoms with Crippen molar-refractivity contribution in [3.8, 4) is 0 Å². The molecule has 110 valence electrons. The molecule has 2 aromatic rings. The molecule has 5 nitrogen and oxygen atoms in total. The second kappa shape index (κ2) is 6.30. The predicted octanol–water partition coefficient (Wildman–Crippen LogP) is 3.94. The lowest BCUT2D eigenvalue weighted by atomic mass is 9.96. The summed E-state index contributed by atoms with van der Waals surface area (Å²) in [6.45, 7) is 4.07. The number of nitrogens with one attached hydrogen (secondary N) is 1. The minimum absolute atomic E-state index is 0.0524. The quantitative estimate of drug-likeness (QED) is 0.668. The van der Waals surface area contributed by atoms with Crippen LogP contribution in [0.3, 0.4) is 0 Å². The minimum Gasteiger partial charge on any atom is -0.363 e. The molecule has 0 aliphatic rings. The molecule has 1 aromatic heterocycles. The maximum Gasteiger partial charge on any atom is 0.287 e. The van der Waals surface area contributed by atoms with E-state index in [9.17, 15) is 14.5 Å². The van der Waals surface area contributed by atoms with Gasteiger partial charge in [-0.15, -0.1) is 0 Å². The zero-order chi connectivity index (χ0) is 15.4. The summed E-state index contributed by atoms with van der Waals surface area (Å²) >= 11 is 0. The molecule has 21 heavy (non-hydrogen) atoms. The molecule has 1 atom stereocenters. The van der Waals surface area contributed by atoms with Crippen molar-refractivity contribution in [2.75, 3.05) is 5.32 Å². The van der Waals surface area contributed by atoms with Crippen molar-refractivity contribution in [3.63, 3.8) is 0 Å². The van der Waals surface area contributed by atoms with Gasteiger partial charge >= 0.3 is 0 Å². The lowest BCUT2D eigenvalue weighted by molar-refractivity contribution is -0.385. The summed E-state index contributed by atoms with van der Waals surface area (Å²) in [4.78, 5) is 14.2. The Labute approximate surface area is 122 Å². The van der Waals surface area contributed by atoms with Crippen LogP contribution in [0.4, 0.5) is 15.9 Å². The van der Waals surface area contributed by atoms with Crippen LogP contribution in [-0.2, 0) is 0 Å². The number of hydrogen-bond donors (Lipinski definition) is 1. The van der Waals surface area contributed by atoms with Crippen LogP contribution in [-0.4, -0.2) is 9.91 Å². The van der Waals surface area contributed by atoms with Crippen molar-refractivity contribution in [1.82, 2.24) is 4.98 Å². The fourth-order valence-corrected chi connectivity index (χ4v) is 2.04. The highest BCUT2D eigenvalue weighted by atomic mass is 19.1. The normalized spacial score (nSPS) is 12.2. The number of halogens is 1. The first-order valence-electron chi connectivity index (χ1n) is 6.60. The molecule has 0 spiro atoms. The second-order valence-corrected chi connectivity index (χ2v) is 5.08. The van der Waals surface area contributed by atoms with Gasteiger partial charge in [-0.25, -0.2) is 9.37 Å². The predicted molar refractivity (Wildman–Crippen MR) is 78.5 cm³/mol. The number of rotatable bonds is 5. The fourth-order valence-electron chi connectivity index (χ4n) is 2.04. The molecule has 0 aliphatic heterocycles. The van der Waals surface area contributed by atoms with Gasteiger partial charge < -0.3 is 5.32 Å². The van der Waals surface area contributed by atoms with E-state index in [0.717, 1.165) is 5.56 Å². The third kappa shape index (κ3) is 3.75. The Balaban J connectivity index is 2.20. The van der Waals surface area contributed by atoms with E-state index < -0.39 is 4.92 Å². The highest BCUT2D eigenvalue weighted by Crippen LogP contribution is 2.26. The van der Waals surface area contributed by atoms with Crippen LogP contribution < -0.4 is 5.32 Å². The Bertz CT molecular complexity index is 612. The fraction of sp³-hybridized carbons (Fsp3) is 0.267. The van der Waals surface area contributed by atoms with Gasteiger partial charge in [0.2, 0.25) is 0 Å². The summed E-state index contributed by atoms with van der Waals surface area (Å²) in [5, 5.41) is 13.8. The van der Waals surface area contributed by atoms with Crippen molar-refractivity contribution in [2.45, 2.75) is 19.9 Å². The summed E-state index contributed by atoms with van der Waals surface area (Å²) in [6, 6.07) is 9.18. The van der Waals surface area contributed by atoms with Gasteiger partial charge in [-0.3, -0.25) is 10.1 Å². The molecule has 0 saturated carbocycles. The second-order valence-electron chi connectivity index (χ2n) is 5.08. The molecular formula is C15H16FN3O2. The smallest absolute Gasteiger partial charge is 0.287 e. The van der Waals surface area contributed by atoms with E-state index in [1.54, 1.807) is 18.2 Å². The van der Waals surface area contributed by atoms with Crippen LogP contribution in [0.25, 0.3) is 0 Å². The van der Waals surface area contributed by atoms with E-state index in [4.69, 9.17) is 0 Å². The molecule has 0 saturated heterocycles. The number of pyridine rings is 1. The van der Waals surface area contributed by atoms with Crippen LogP contribution in [0.5, 0.6) is 0 Å². The third-order valence-electron chi connectivity index (χ3n) is 3.16. The molecule has 1 heterocycles. The molecule has 0 bridgehead atoms. The molecule has 6 heteroatoms. The van der Waals surface area contributed by atoms with Crippen molar-refractivity contribution >= 4 is 11.5 Å². The molecule has 0 fully saturated rings. The van der Waals surface area contributed by atoms with Gasteiger partial charge in [0.1, 0.15) is 17.8 Å². The number of benzene rings is 1. The molecule has 0 radical (unpaired) electrons. The van der Waals surface area contributed by atoms with E-state index in [1.165, 1.54) is 24.4 Å². The van der Waals surface area contributed by atoms with Crippen LogP contribution in [0.1, 0.15) is 25.5 Å². The average molecular weight is 289 g/mol. The summed E-state index contributed by atoms with van der Waals surface area (Å²) in [5.41, 5.74) is 0.884. The monoisotopic (exact) mass is 289 g/mol. The van der Waals surface area contributed by atoms with E-state index in [1.807, 2.05) is 13.8 Å². The Morgan fingerprint density at radius 2 is 1.86 bits per heavy atom. The van der Waals surface area contributed by atoms with Gasteiger partial charge in [0.15, 0.2) is 0 Å². The largest absolute Gasteiger partial charge is 0.363 e. The summed E-state index contributed by atoms with van der Waals surface area (Å²) in [5.74, 6) is 0.505. The first-order valence-corrected chi connectivity index (χ1v) is 6.60. The van der Waals surface area contributed by atoms with E-state index in [0.29, 0.717) is 5.82 Å². The SMILES string of the molecule is CC(C)C(Nc1ccc([N+](=O)[O-])cn1)c1ccc(F)cc1. The molecule has 2 rings (SSSR count). The van der Waals surface area contributed by atoms with E-state index in [2.05, 4.69) is 10.3 Å². The van der Waals surface area contributed by atoms with E-state index in [-0.39, 0.29) is 23.5 Å². The number of aromatic nitrogens is 1. The van der Waals surface area contributed by atoms with Crippen molar-refractivity contribution in [3.05, 3.63) is 64.1 Å². The van der Waals surface area contributed by atoms with E-state index >= 15 is 0 Å². The maximum absolute atomic E-state index is 13.0.